The van der Waals surface area contributed by atoms with Crippen molar-refractivity contribution in [3.8, 4) is 0 Å². The van der Waals surface area contributed by atoms with Crippen LogP contribution in [-0.4, -0.2) is 32.7 Å². The van der Waals surface area contributed by atoms with Gasteiger partial charge in [-0.1, -0.05) is 6.92 Å². The van der Waals surface area contributed by atoms with Gasteiger partial charge < -0.3 is 5.32 Å². The van der Waals surface area contributed by atoms with Crippen LogP contribution in [0.4, 0.5) is 0 Å². The monoisotopic (exact) mass is 302 g/mol. The van der Waals surface area contributed by atoms with Crippen LogP contribution in [0.5, 0.6) is 0 Å². The van der Waals surface area contributed by atoms with Gasteiger partial charge in [-0.25, -0.2) is 12.7 Å². The highest BCUT2D eigenvalue weighted by Crippen LogP contribution is 2.37. The highest BCUT2D eigenvalue weighted by Gasteiger charge is 2.38. The van der Waals surface area contributed by atoms with Gasteiger partial charge in [-0.2, -0.15) is 0 Å². The summed E-state index contributed by atoms with van der Waals surface area (Å²) in [5, 5.41) is 2.85. The molecule has 0 aliphatic heterocycles. The number of thiophene rings is 1. The number of hydrogen-bond acceptors (Lipinski definition) is 4. The van der Waals surface area contributed by atoms with Gasteiger partial charge in [0.2, 0.25) is 5.91 Å². The van der Waals surface area contributed by atoms with Crippen LogP contribution < -0.4 is 5.32 Å². The SMILES string of the molecule is CC1CC1C(=O)NCc1ccc(S(=O)(=O)N(C)C)s1. The second-order valence-corrected chi connectivity index (χ2v) is 8.59. The van der Waals surface area contributed by atoms with E-state index in [0.717, 1.165) is 11.3 Å². The van der Waals surface area contributed by atoms with Crippen LogP contribution >= 0.6 is 11.3 Å². The minimum atomic E-state index is -3.37. The van der Waals surface area contributed by atoms with Gasteiger partial charge in [0.1, 0.15) is 4.21 Å². The van der Waals surface area contributed by atoms with Crippen molar-refractivity contribution in [2.45, 2.75) is 24.1 Å². The van der Waals surface area contributed by atoms with Crippen LogP contribution in [0.15, 0.2) is 16.3 Å². The molecule has 7 heteroatoms. The Labute approximate surface area is 117 Å². The summed E-state index contributed by atoms with van der Waals surface area (Å²) in [7, 11) is -0.358. The normalized spacial score (nSPS) is 22.5. The highest BCUT2D eigenvalue weighted by atomic mass is 32.2. The minimum Gasteiger partial charge on any atom is -0.351 e. The maximum Gasteiger partial charge on any atom is 0.252 e. The molecule has 1 aliphatic carbocycles. The fourth-order valence-electron chi connectivity index (χ4n) is 1.76. The molecule has 1 fully saturated rings. The number of carbonyl (C=O) groups is 1. The van der Waals surface area contributed by atoms with Gasteiger partial charge in [0, 0.05) is 24.9 Å². The molecule has 2 unspecified atom stereocenters. The zero-order valence-corrected chi connectivity index (χ0v) is 12.8. The topological polar surface area (TPSA) is 66.5 Å². The molecule has 106 valence electrons. The van der Waals surface area contributed by atoms with E-state index in [1.807, 2.05) is 0 Å². The standard InChI is InChI=1S/C12H18N2O3S2/c1-8-6-10(8)12(15)13-7-9-4-5-11(18-9)19(16,17)14(2)3/h4-5,8,10H,6-7H2,1-3H3,(H,13,15). The Hall–Kier alpha value is -0.920. The van der Waals surface area contributed by atoms with E-state index in [0.29, 0.717) is 16.7 Å². The van der Waals surface area contributed by atoms with Crippen molar-refractivity contribution in [3.05, 3.63) is 17.0 Å². The Balaban J connectivity index is 1.96. The highest BCUT2D eigenvalue weighted by molar-refractivity contribution is 7.91. The number of carbonyl (C=O) groups excluding carboxylic acids is 1. The van der Waals surface area contributed by atoms with Crippen molar-refractivity contribution >= 4 is 27.3 Å². The summed E-state index contributed by atoms with van der Waals surface area (Å²) >= 11 is 1.20. The predicted molar refractivity (Wildman–Crippen MR) is 74.3 cm³/mol. The molecular formula is C12H18N2O3S2. The fourth-order valence-corrected chi connectivity index (χ4v) is 4.23. The molecular weight excluding hydrogens is 284 g/mol. The maximum absolute atomic E-state index is 11.9. The van der Waals surface area contributed by atoms with Gasteiger partial charge in [-0.15, -0.1) is 11.3 Å². The zero-order chi connectivity index (χ0) is 14.2. The van der Waals surface area contributed by atoms with Crippen molar-refractivity contribution < 1.29 is 13.2 Å². The van der Waals surface area contributed by atoms with Crippen LogP contribution in [0.1, 0.15) is 18.2 Å². The molecule has 1 N–H and O–H groups in total. The second kappa shape index (κ2) is 5.22. The molecule has 0 spiro atoms. The predicted octanol–water partition coefficient (Wildman–Crippen LogP) is 1.27. The van der Waals surface area contributed by atoms with E-state index < -0.39 is 10.0 Å². The van der Waals surface area contributed by atoms with E-state index in [1.54, 1.807) is 12.1 Å². The number of nitrogens with one attached hydrogen (secondary N) is 1. The molecule has 0 bridgehead atoms. The Bertz CT molecular complexity index is 578. The van der Waals surface area contributed by atoms with E-state index in [9.17, 15) is 13.2 Å². The molecule has 1 aromatic rings. The zero-order valence-electron chi connectivity index (χ0n) is 11.2. The van der Waals surface area contributed by atoms with Gasteiger partial charge in [0.05, 0.1) is 6.54 Å². The molecule has 1 saturated carbocycles. The third-order valence-electron chi connectivity index (χ3n) is 3.26. The molecule has 0 radical (unpaired) electrons. The van der Waals surface area contributed by atoms with Gasteiger partial charge >= 0.3 is 0 Å². The van der Waals surface area contributed by atoms with E-state index in [1.165, 1.54) is 29.7 Å². The fraction of sp³-hybridized carbons (Fsp3) is 0.583. The lowest BCUT2D eigenvalue weighted by Gasteiger charge is -2.08. The first-order valence-corrected chi connectivity index (χ1v) is 8.37. The molecule has 0 saturated heterocycles. The van der Waals surface area contributed by atoms with Crippen molar-refractivity contribution in [2.24, 2.45) is 11.8 Å². The summed E-state index contributed by atoms with van der Waals surface area (Å²) in [6.45, 7) is 2.45. The maximum atomic E-state index is 11.9. The van der Waals surface area contributed by atoms with Crippen molar-refractivity contribution in [2.75, 3.05) is 14.1 Å². The summed E-state index contributed by atoms with van der Waals surface area (Å²) in [4.78, 5) is 12.5. The number of amides is 1. The number of hydrogen-bond donors (Lipinski definition) is 1. The molecule has 1 amide bonds. The average molecular weight is 302 g/mol. The van der Waals surface area contributed by atoms with E-state index in [-0.39, 0.29) is 11.8 Å². The summed E-state index contributed by atoms with van der Waals surface area (Å²) in [6.07, 6.45) is 0.955. The quantitative estimate of drug-likeness (QED) is 0.891. The van der Waals surface area contributed by atoms with Crippen LogP contribution in [0.25, 0.3) is 0 Å². The van der Waals surface area contributed by atoms with Crippen LogP contribution in [-0.2, 0) is 21.4 Å². The van der Waals surface area contributed by atoms with E-state index >= 15 is 0 Å². The molecule has 2 rings (SSSR count). The van der Waals surface area contributed by atoms with E-state index in [4.69, 9.17) is 0 Å². The third-order valence-corrected chi connectivity index (χ3v) is 6.62. The van der Waals surface area contributed by atoms with E-state index in [2.05, 4.69) is 12.2 Å². The summed E-state index contributed by atoms with van der Waals surface area (Å²) in [5.74, 6) is 0.691. The molecule has 1 aromatic heterocycles. The molecule has 2 atom stereocenters. The molecule has 1 aliphatic rings. The van der Waals surface area contributed by atoms with Gasteiger partial charge in [0.25, 0.3) is 10.0 Å². The molecule has 5 nitrogen and oxygen atoms in total. The number of rotatable bonds is 5. The Morgan fingerprint density at radius 2 is 2.11 bits per heavy atom. The second-order valence-electron chi connectivity index (χ2n) is 5.05. The summed E-state index contributed by atoms with van der Waals surface area (Å²) in [5.41, 5.74) is 0. The average Bonchev–Trinajstić information content (AvgIpc) is 2.89. The largest absolute Gasteiger partial charge is 0.351 e. The Morgan fingerprint density at radius 1 is 1.47 bits per heavy atom. The lowest BCUT2D eigenvalue weighted by molar-refractivity contribution is -0.122. The van der Waals surface area contributed by atoms with Crippen molar-refractivity contribution in [1.82, 2.24) is 9.62 Å². The molecule has 0 aromatic carbocycles. The van der Waals surface area contributed by atoms with Gasteiger partial charge in [-0.05, 0) is 24.5 Å². The van der Waals surface area contributed by atoms with Crippen molar-refractivity contribution in [3.63, 3.8) is 0 Å². The number of nitrogens with zero attached hydrogens (tertiary/aromatic N) is 1. The lowest BCUT2D eigenvalue weighted by Crippen LogP contribution is -2.24. The molecule has 19 heavy (non-hydrogen) atoms. The first-order valence-electron chi connectivity index (χ1n) is 6.11. The number of sulfonamides is 1. The van der Waals surface area contributed by atoms with Gasteiger partial charge in [-0.3, -0.25) is 4.79 Å². The summed E-state index contributed by atoms with van der Waals surface area (Å²) < 4.78 is 25.3. The van der Waals surface area contributed by atoms with Crippen LogP contribution in [0.3, 0.4) is 0 Å². The smallest absolute Gasteiger partial charge is 0.252 e. The van der Waals surface area contributed by atoms with Crippen LogP contribution in [0, 0.1) is 11.8 Å². The molecule has 1 heterocycles. The van der Waals surface area contributed by atoms with Crippen molar-refractivity contribution in [1.29, 1.82) is 0 Å². The summed E-state index contributed by atoms with van der Waals surface area (Å²) in [6, 6.07) is 3.33. The third kappa shape index (κ3) is 3.16. The Kier molecular flexibility index (Phi) is 3.98. The van der Waals surface area contributed by atoms with Crippen LogP contribution in [0.2, 0.25) is 0 Å². The Morgan fingerprint density at radius 3 is 2.63 bits per heavy atom. The minimum absolute atomic E-state index is 0.0675. The van der Waals surface area contributed by atoms with Gasteiger partial charge in [0.15, 0.2) is 0 Å². The lowest BCUT2D eigenvalue weighted by atomic mass is 10.3. The first-order chi connectivity index (χ1) is 8.82. The first kappa shape index (κ1) is 14.5.